The van der Waals surface area contributed by atoms with Gasteiger partial charge in [0.25, 0.3) is 5.91 Å². The van der Waals surface area contributed by atoms with Crippen molar-refractivity contribution in [3.05, 3.63) is 48.0 Å². The highest BCUT2D eigenvalue weighted by Crippen LogP contribution is 2.35. The number of H-pyrrole nitrogens is 1. The Morgan fingerprint density at radius 2 is 2.04 bits per heavy atom. The molecular weight excluding hydrogens is 350 g/mol. The zero-order valence-electron chi connectivity index (χ0n) is 15.3. The number of methoxy groups -OCH3 is 2. The summed E-state index contributed by atoms with van der Waals surface area (Å²) in [5.74, 6) is 1.04. The quantitative estimate of drug-likeness (QED) is 0.590. The first-order valence-corrected chi connectivity index (χ1v) is 8.38. The Bertz CT molecular complexity index is 946. The summed E-state index contributed by atoms with van der Waals surface area (Å²) in [6, 6.07) is 8.01. The standard InChI is InChI=1S/C19H21N3O5/c1-11(18(23)20-10-12-5-4-8-27-12)21-19(24)15-9-13-14(22-15)6-7-16(25-2)17(13)26-3/h4-9,11,22H,10H2,1-3H3,(H,20,23)(H,21,24)/t11-/m1/s1. The van der Waals surface area contributed by atoms with Gasteiger partial charge in [0.15, 0.2) is 11.5 Å². The summed E-state index contributed by atoms with van der Waals surface area (Å²) < 4.78 is 15.8. The van der Waals surface area contributed by atoms with Crippen molar-refractivity contribution in [2.24, 2.45) is 0 Å². The van der Waals surface area contributed by atoms with E-state index in [1.54, 1.807) is 44.4 Å². The fourth-order valence-electron chi connectivity index (χ4n) is 2.73. The van der Waals surface area contributed by atoms with Crippen molar-refractivity contribution in [1.82, 2.24) is 15.6 Å². The number of hydrogen-bond donors (Lipinski definition) is 3. The first kappa shape index (κ1) is 18.4. The molecule has 2 aromatic heterocycles. The fraction of sp³-hybridized carbons (Fsp3) is 0.263. The summed E-state index contributed by atoms with van der Waals surface area (Å²) in [5, 5.41) is 6.09. The molecule has 0 unspecified atom stereocenters. The van der Waals surface area contributed by atoms with Crippen LogP contribution in [0.2, 0.25) is 0 Å². The molecule has 3 rings (SSSR count). The molecule has 2 heterocycles. The Morgan fingerprint density at radius 1 is 1.22 bits per heavy atom. The average molecular weight is 371 g/mol. The summed E-state index contributed by atoms with van der Waals surface area (Å²) in [7, 11) is 3.09. The number of amides is 2. The molecule has 27 heavy (non-hydrogen) atoms. The Balaban J connectivity index is 1.69. The minimum Gasteiger partial charge on any atom is -0.493 e. The molecule has 0 radical (unpaired) electrons. The van der Waals surface area contributed by atoms with Gasteiger partial charge in [-0.2, -0.15) is 0 Å². The number of nitrogens with one attached hydrogen (secondary N) is 3. The monoisotopic (exact) mass is 371 g/mol. The van der Waals surface area contributed by atoms with Crippen molar-refractivity contribution >= 4 is 22.7 Å². The maximum atomic E-state index is 12.5. The van der Waals surface area contributed by atoms with E-state index in [9.17, 15) is 9.59 Å². The van der Waals surface area contributed by atoms with Crippen LogP contribution in [0.1, 0.15) is 23.2 Å². The fourth-order valence-corrected chi connectivity index (χ4v) is 2.73. The molecule has 3 N–H and O–H groups in total. The molecule has 8 heteroatoms. The smallest absolute Gasteiger partial charge is 0.268 e. The number of carbonyl (C=O) groups is 2. The second-order valence-corrected chi connectivity index (χ2v) is 5.94. The summed E-state index contributed by atoms with van der Waals surface area (Å²) in [6.07, 6.45) is 1.53. The second kappa shape index (κ2) is 7.86. The van der Waals surface area contributed by atoms with Crippen LogP contribution in [0.5, 0.6) is 11.5 Å². The van der Waals surface area contributed by atoms with Gasteiger partial charge >= 0.3 is 0 Å². The largest absolute Gasteiger partial charge is 0.493 e. The van der Waals surface area contributed by atoms with Gasteiger partial charge in [-0.15, -0.1) is 0 Å². The van der Waals surface area contributed by atoms with Gasteiger partial charge in [0, 0.05) is 5.39 Å². The van der Waals surface area contributed by atoms with E-state index in [4.69, 9.17) is 13.9 Å². The number of furan rings is 1. The lowest BCUT2D eigenvalue weighted by Crippen LogP contribution is -2.44. The number of fused-ring (bicyclic) bond motifs is 1. The van der Waals surface area contributed by atoms with Crippen LogP contribution in [0, 0.1) is 0 Å². The molecule has 142 valence electrons. The summed E-state index contributed by atoms with van der Waals surface area (Å²) in [4.78, 5) is 27.7. The molecule has 0 saturated carbocycles. The van der Waals surface area contributed by atoms with E-state index in [-0.39, 0.29) is 12.5 Å². The van der Waals surface area contributed by atoms with Crippen LogP contribution in [-0.2, 0) is 11.3 Å². The van der Waals surface area contributed by atoms with Gasteiger partial charge in [-0.05, 0) is 37.3 Å². The molecule has 1 atom stereocenters. The molecule has 1 aromatic carbocycles. The number of carbonyl (C=O) groups excluding carboxylic acids is 2. The van der Waals surface area contributed by atoms with Crippen LogP contribution in [-0.4, -0.2) is 37.1 Å². The number of aromatic nitrogens is 1. The molecule has 0 saturated heterocycles. The molecule has 0 aliphatic heterocycles. The van der Waals surface area contributed by atoms with Crippen LogP contribution in [0.25, 0.3) is 10.9 Å². The molecule has 2 amide bonds. The average Bonchev–Trinajstić information content (AvgIpc) is 3.34. The highest BCUT2D eigenvalue weighted by Gasteiger charge is 2.19. The van der Waals surface area contributed by atoms with Crippen LogP contribution in [0.15, 0.2) is 41.0 Å². The Hall–Kier alpha value is -3.42. The number of hydrogen-bond acceptors (Lipinski definition) is 5. The van der Waals surface area contributed by atoms with E-state index in [2.05, 4.69) is 15.6 Å². The first-order valence-electron chi connectivity index (χ1n) is 8.38. The number of ether oxygens (including phenoxy) is 2. The Labute approximate surface area is 155 Å². The number of aromatic amines is 1. The zero-order chi connectivity index (χ0) is 19.4. The highest BCUT2D eigenvalue weighted by molar-refractivity contribution is 6.02. The maximum Gasteiger partial charge on any atom is 0.268 e. The maximum absolute atomic E-state index is 12.5. The van der Waals surface area contributed by atoms with Gasteiger partial charge in [-0.3, -0.25) is 9.59 Å². The van der Waals surface area contributed by atoms with Crippen LogP contribution < -0.4 is 20.1 Å². The molecule has 0 fully saturated rings. The summed E-state index contributed by atoms with van der Waals surface area (Å²) >= 11 is 0. The van der Waals surface area contributed by atoms with Crippen molar-refractivity contribution in [3.8, 4) is 11.5 Å². The van der Waals surface area contributed by atoms with Gasteiger partial charge in [-0.1, -0.05) is 0 Å². The number of rotatable bonds is 7. The predicted octanol–water partition coefficient (Wildman–Crippen LogP) is 2.21. The van der Waals surface area contributed by atoms with E-state index < -0.39 is 11.9 Å². The van der Waals surface area contributed by atoms with Crippen LogP contribution >= 0.6 is 0 Å². The lowest BCUT2D eigenvalue weighted by Gasteiger charge is -2.13. The van der Waals surface area contributed by atoms with Gasteiger partial charge in [0.05, 0.1) is 32.5 Å². The summed E-state index contributed by atoms with van der Waals surface area (Å²) in [5.41, 5.74) is 1.05. The van der Waals surface area contributed by atoms with E-state index >= 15 is 0 Å². The van der Waals surface area contributed by atoms with E-state index in [0.717, 1.165) is 10.9 Å². The van der Waals surface area contributed by atoms with Gasteiger partial charge in [-0.25, -0.2) is 0 Å². The minimum absolute atomic E-state index is 0.259. The van der Waals surface area contributed by atoms with E-state index in [0.29, 0.717) is 23.0 Å². The van der Waals surface area contributed by atoms with E-state index in [1.807, 2.05) is 0 Å². The van der Waals surface area contributed by atoms with Crippen molar-refractivity contribution in [3.63, 3.8) is 0 Å². The predicted molar refractivity (Wildman–Crippen MR) is 98.9 cm³/mol. The Morgan fingerprint density at radius 3 is 2.70 bits per heavy atom. The molecule has 0 aliphatic carbocycles. The Kier molecular flexibility index (Phi) is 5.35. The number of benzene rings is 1. The molecule has 3 aromatic rings. The van der Waals surface area contributed by atoms with Crippen LogP contribution in [0.4, 0.5) is 0 Å². The highest BCUT2D eigenvalue weighted by atomic mass is 16.5. The van der Waals surface area contributed by atoms with Crippen LogP contribution in [0.3, 0.4) is 0 Å². The van der Waals surface area contributed by atoms with Crippen molar-refractivity contribution in [2.75, 3.05) is 14.2 Å². The van der Waals surface area contributed by atoms with Gasteiger partial charge in [0.1, 0.15) is 17.5 Å². The summed E-state index contributed by atoms with van der Waals surface area (Å²) in [6.45, 7) is 1.87. The minimum atomic E-state index is -0.713. The lowest BCUT2D eigenvalue weighted by molar-refractivity contribution is -0.122. The molecule has 0 aliphatic rings. The lowest BCUT2D eigenvalue weighted by atomic mass is 10.2. The van der Waals surface area contributed by atoms with Gasteiger partial charge < -0.3 is 29.5 Å². The molecular formula is C19H21N3O5. The van der Waals surface area contributed by atoms with E-state index in [1.165, 1.54) is 13.4 Å². The zero-order valence-corrected chi connectivity index (χ0v) is 15.3. The van der Waals surface area contributed by atoms with Gasteiger partial charge in [0.2, 0.25) is 5.91 Å². The SMILES string of the molecule is COc1ccc2[nH]c(C(=O)N[C@H](C)C(=O)NCc3ccco3)cc2c1OC. The third-order valence-corrected chi connectivity index (χ3v) is 4.14. The third-order valence-electron chi connectivity index (χ3n) is 4.14. The molecule has 0 bridgehead atoms. The van der Waals surface area contributed by atoms with Crippen molar-refractivity contribution < 1.29 is 23.5 Å². The first-order chi connectivity index (χ1) is 13.0. The van der Waals surface area contributed by atoms with Crippen molar-refractivity contribution in [1.29, 1.82) is 0 Å². The topological polar surface area (TPSA) is 106 Å². The normalized spacial score (nSPS) is 11.8. The molecule has 8 nitrogen and oxygen atoms in total. The second-order valence-electron chi connectivity index (χ2n) is 5.94. The third kappa shape index (κ3) is 3.89. The molecule has 0 spiro atoms. The van der Waals surface area contributed by atoms with Crippen molar-refractivity contribution in [2.45, 2.75) is 19.5 Å².